The molecule has 1 aromatic heterocycles. The smallest absolute Gasteiger partial charge is 0.330 e. The molecule has 148 valence electrons. The Hall–Kier alpha value is -0.360. The molecule has 0 radical (unpaired) electrons. The first-order chi connectivity index (χ1) is 12.5. The Morgan fingerprint density at radius 3 is 2.65 bits per heavy atom. The Morgan fingerprint density at radius 1 is 1.35 bits per heavy atom. The van der Waals surface area contributed by atoms with Crippen LogP contribution in [0.25, 0.3) is 0 Å². The van der Waals surface area contributed by atoms with Crippen molar-refractivity contribution in [3.05, 3.63) is 32.6 Å². The number of halogens is 1. The van der Waals surface area contributed by atoms with Gasteiger partial charge in [0.25, 0.3) is 5.56 Å². The van der Waals surface area contributed by atoms with Gasteiger partial charge in [-0.05, 0) is 20.8 Å². The zero-order valence-electron chi connectivity index (χ0n) is 15.0. The first-order valence-electron chi connectivity index (χ1n) is 8.36. The highest BCUT2D eigenvalue weighted by Crippen LogP contribution is 2.40. The van der Waals surface area contributed by atoms with Crippen LogP contribution in [0.1, 0.15) is 32.1 Å². The van der Waals surface area contributed by atoms with Gasteiger partial charge in [-0.2, -0.15) is 0 Å². The van der Waals surface area contributed by atoms with Gasteiger partial charge in [-0.25, -0.2) is 4.79 Å². The van der Waals surface area contributed by atoms with E-state index in [1.165, 1.54) is 10.8 Å². The molecule has 2 rings (SSSR count). The second kappa shape index (κ2) is 10.8. The summed E-state index contributed by atoms with van der Waals surface area (Å²) in [5.41, 5.74) is -0.468. The highest BCUT2D eigenvalue weighted by molar-refractivity contribution is 14.1. The third-order valence-electron chi connectivity index (χ3n) is 3.80. The van der Waals surface area contributed by atoms with E-state index in [0.29, 0.717) is 38.2 Å². The van der Waals surface area contributed by atoms with Crippen LogP contribution in [0.2, 0.25) is 0 Å². The van der Waals surface area contributed by atoms with Crippen LogP contribution in [-0.4, -0.2) is 47.9 Å². The number of ether oxygens (including phenoxy) is 2. The molecule has 1 aromatic rings. The first-order valence-corrected chi connectivity index (χ1v) is 10.6. The van der Waals surface area contributed by atoms with Gasteiger partial charge in [0, 0.05) is 18.2 Å². The standard InChI is InChI=1S/C15H24IN2O7P/c1-4-23-26(24-5-2)9-21-11-6-13(25-12(11)8-22-16)18-7-10(3)14(19)17-15(18)20/h7,11-13H,4-6,8-9H2,1-3H3,(H,17,19,20). The zero-order chi connectivity index (χ0) is 19.1. The van der Waals surface area contributed by atoms with E-state index in [9.17, 15) is 9.59 Å². The second-order valence-corrected chi connectivity index (χ2v) is 7.68. The van der Waals surface area contributed by atoms with Crippen LogP contribution in [0.15, 0.2) is 15.8 Å². The third-order valence-corrected chi connectivity index (χ3v) is 5.62. The fourth-order valence-electron chi connectivity index (χ4n) is 2.62. The van der Waals surface area contributed by atoms with Crippen molar-refractivity contribution in [3.63, 3.8) is 0 Å². The van der Waals surface area contributed by atoms with Crippen LogP contribution in [0, 0.1) is 6.92 Å². The summed E-state index contributed by atoms with van der Waals surface area (Å²) in [6.45, 7) is 6.86. The van der Waals surface area contributed by atoms with Crippen LogP contribution in [0.3, 0.4) is 0 Å². The molecule has 11 heteroatoms. The van der Waals surface area contributed by atoms with Crippen LogP contribution in [0.4, 0.5) is 0 Å². The van der Waals surface area contributed by atoms with Crippen molar-refractivity contribution in [2.24, 2.45) is 0 Å². The van der Waals surface area contributed by atoms with Crippen LogP contribution < -0.4 is 11.2 Å². The molecule has 1 aliphatic rings. The molecule has 26 heavy (non-hydrogen) atoms. The number of aromatic nitrogens is 2. The third kappa shape index (κ3) is 5.82. The van der Waals surface area contributed by atoms with Crippen molar-refractivity contribution < 1.29 is 21.6 Å². The summed E-state index contributed by atoms with van der Waals surface area (Å²) in [5.74, 6) is 0. The number of aryl methyl sites for hydroxylation is 1. The van der Waals surface area contributed by atoms with Crippen molar-refractivity contribution in [1.82, 2.24) is 9.55 Å². The van der Waals surface area contributed by atoms with Crippen LogP contribution >= 0.6 is 31.4 Å². The minimum atomic E-state index is -1.13. The molecule has 0 aromatic carbocycles. The molecule has 3 unspecified atom stereocenters. The van der Waals surface area contributed by atoms with Crippen molar-refractivity contribution >= 4 is 31.4 Å². The SMILES string of the molecule is CCOP(COC1CC(n2cc(C)c(=O)[nH]c2=O)OC1COI)OCC. The molecule has 2 heterocycles. The predicted octanol–water partition coefficient (Wildman–Crippen LogP) is 2.23. The number of hydrogen-bond acceptors (Lipinski definition) is 7. The second-order valence-electron chi connectivity index (χ2n) is 5.62. The van der Waals surface area contributed by atoms with E-state index in [1.807, 2.05) is 13.8 Å². The highest BCUT2D eigenvalue weighted by Gasteiger charge is 2.38. The van der Waals surface area contributed by atoms with Gasteiger partial charge in [0.15, 0.2) is 8.38 Å². The van der Waals surface area contributed by atoms with E-state index < -0.39 is 25.9 Å². The Bertz CT molecular complexity index is 677. The summed E-state index contributed by atoms with van der Waals surface area (Å²) < 4.78 is 29.6. The lowest BCUT2D eigenvalue weighted by atomic mass is 10.2. The fraction of sp³-hybridized carbons (Fsp3) is 0.733. The summed E-state index contributed by atoms with van der Waals surface area (Å²) in [6, 6.07) is 0. The largest absolute Gasteiger partial charge is 0.366 e. The number of hydrogen-bond donors (Lipinski definition) is 1. The monoisotopic (exact) mass is 502 g/mol. The average Bonchev–Trinajstić information content (AvgIpc) is 2.99. The van der Waals surface area contributed by atoms with E-state index in [1.54, 1.807) is 29.9 Å². The van der Waals surface area contributed by atoms with Crippen molar-refractivity contribution in [2.75, 3.05) is 26.2 Å². The number of aromatic amines is 1. The van der Waals surface area contributed by atoms with Gasteiger partial charge in [0.1, 0.15) is 41.7 Å². The Kier molecular flexibility index (Phi) is 9.15. The molecule has 0 saturated carbocycles. The topological polar surface area (TPSA) is 101 Å². The summed E-state index contributed by atoms with van der Waals surface area (Å²) >= 11 is 1.80. The Balaban J connectivity index is 2.09. The maximum atomic E-state index is 12.1. The lowest BCUT2D eigenvalue weighted by molar-refractivity contribution is -0.0467. The minimum Gasteiger partial charge on any atom is -0.366 e. The van der Waals surface area contributed by atoms with E-state index in [-0.39, 0.29) is 12.2 Å². The summed E-state index contributed by atoms with van der Waals surface area (Å²) in [4.78, 5) is 26.0. The summed E-state index contributed by atoms with van der Waals surface area (Å²) in [6.07, 6.45) is 1.12. The van der Waals surface area contributed by atoms with Crippen LogP contribution in [0.5, 0.6) is 0 Å². The molecule has 9 nitrogen and oxygen atoms in total. The van der Waals surface area contributed by atoms with Gasteiger partial charge < -0.3 is 21.6 Å². The molecule has 0 bridgehead atoms. The minimum absolute atomic E-state index is 0.278. The molecule has 0 amide bonds. The average molecular weight is 502 g/mol. The molecular formula is C15H24IN2O7P. The molecule has 1 N–H and O–H groups in total. The Labute approximate surface area is 166 Å². The predicted molar refractivity (Wildman–Crippen MR) is 104 cm³/mol. The van der Waals surface area contributed by atoms with Crippen LogP contribution in [-0.2, 0) is 21.6 Å². The molecule has 0 aliphatic carbocycles. The van der Waals surface area contributed by atoms with Gasteiger partial charge in [-0.15, -0.1) is 0 Å². The maximum absolute atomic E-state index is 12.1. The normalized spacial score (nSPS) is 23.0. The molecular weight excluding hydrogens is 478 g/mol. The molecule has 1 saturated heterocycles. The van der Waals surface area contributed by atoms with Crippen molar-refractivity contribution in [1.29, 1.82) is 0 Å². The lowest BCUT2D eigenvalue weighted by Gasteiger charge is -2.21. The lowest BCUT2D eigenvalue weighted by Crippen LogP contribution is -2.33. The van der Waals surface area contributed by atoms with E-state index >= 15 is 0 Å². The fourth-order valence-corrected chi connectivity index (χ4v) is 4.08. The van der Waals surface area contributed by atoms with Gasteiger partial charge in [-0.3, -0.25) is 14.3 Å². The maximum Gasteiger partial charge on any atom is 0.330 e. The van der Waals surface area contributed by atoms with E-state index in [0.717, 1.165) is 0 Å². The van der Waals surface area contributed by atoms with Crippen molar-refractivity contribution in [2.45, 2.75) is 45.6 Å². The van der Waals surface area contributed by atoms with Gasteiger partial charge in [0.2, 0.25) is 0 Å². The number of nitrogens with one attached hydrogen (secondary N) is 1. The quantitative estimate of drug-likeness (QED) is 0.387. The molecule has 1 fully saturated rings. The molecule has 3 atom stereocenters. The molecule has 1 aliphatic heterocycles. The number of nitrogens with zero attached hydrogens (tertiary/aromatic N) is 1. The number of rotatable bonds is 10. The Morgan fingerprint density at radius 2 is 2.04 bits per heavy atom. The van der Waals surface area contributed by atoms with Crippen molar-refractivity contribution in [3.8, 4) is 0 Å². The van der Waals surface area contributed by atoms with E-state index in [2.05, 4.69) is 4.98 Å². The summed E-state index contributed by atoms with van der Waals surface area (Å²) in [7, 11) is -1.13. The zero-order valence-corrected chi connectivity index (χ0v) is 18.0. The van der Waals surface area contributed by atoms with Gasteiger partial charge in [-0.1, -0.05) is 0 Å². The highest BCUT2D eigenvalue weighted by atomic mass is 127. The number of H-pyrrole nitrogens is 1. The molecule has 0 spiro atoms. The summed E-state index contributed by atoms with van der Waals surface area (Å²) in [5, 5.41) is 0. The van der Waals surface area contributed by atoms with E-state index in [4.69, 9.17) is 21.6 Å². The first kappa shape index (κ1) is 21.9. The van der Waals surface area contributed by atoms with Gasteiger partial charge in [0.05, 0.1) is 25.9 Å². The van der Waals surface area contributed by atoms with Gasteiger partial charge >= 0.3 is 5.69 Å².